The van der Waals surface area contributed by atoms with Gasteiger partial charge in [-0.15, -0.1) is 12.4 Å². The minimum Gasteiger partial charge on any atom is -0.480 e. The van der Waals surface area contributed by atoms with Crippen molar-refractivity contribution in [3.63, 3.8) is 0 Å². The van der Waals surface area contributed by atoms with Crippen LogP contribution in [0.3, 0.4) is 0 Å². The Kier molecular flexibility index (Phi) is 6.28. The largest absolute Gasteiger partial charge is 0.480 e. The molecule has 5 heteroatoms. The summed E-state index contributed by atoms with van der Waals surface area (Å²) in [7, 11) is 0. The van der Waals surface area contributed by atoms with Crippen molar-refractivity contribution >= 4 is 24.2 Å². The molecular formula is C17H18ClNO3. The van der Waals surface area contributed by atoms with Crippen molar-refractivity contribution in [1.29, 1.82) is 0 Å². The number of carboxylic acid groups (broad SMARTS) is 1. The number of benzene rings is 2. The Morgan fingerprint density at radius 2 is 1.73 bits per heavy atom. The van der Waals surface area contributed by atoms with E-state index >= 15 is 0 Å². The first-order chi connectivity index (χ1) is 9.97. The van der Waals surface area contributed by atoms with Gasteiger partial charge in [-0.3, -0.25) is 9.59 Å². The standard InChI is InChI=1S/C17H17NO3.ClH/c1-11(19)14-3-2-4-15(10-14)13-7-5-12(6-8-13)9-16(18)17(20)21;/h2-8,10,16H,9,18H2,1H3,(H,20,21);1H/t16-;/m1./s1. The Morgan fingerprint density at radius 1 is 1.09 bits per heavy atom. The molecule has 0 saturated carbocycles. The Morgan fingerprint density at radius 3 is 2.27 bits per heavy atom. The lowest BCUT2D eigenvalue weighted by Crippen LogP contribution is -2.32. The average Bonchev–Trinajstić information content (AvgIpc) is 2.48. The molecule has 0 bridgehead atoms. The summed E-state index contributed by atoms with van der Waals surface area (Å²) in [6.45, 7) is 1.54. The number of Topliss-reactive ketones (excluding diaryl/α,β-unsaturated/α-hetero) is 1. The van der Waals surface area contributed by atoms with Gasteiger partial charge >= 0.3 is 5.97 Å². The highest BCUT2D eigenvalue weighted by molar-refractivity contribution is 5.95. The van der Waals surface area contributed by atoms with Crippen LogP contribution in [0.1, 0.15) is 22.8 Å². The van der Waals surface area contributed by atoms with Gasteiger partial charge < -0.3 is 10.8 Å². The van der Waals surface area contributed by atoms with Crippen LogP contribution >= 0.6 is 12.4 Å². The molecule has 2 rings (SSSR count). The van der Waals surface area contributed by atoms with Crippen molar-refractivity contribution < 1.29 is 14.7 Å². The second kappa shape index (κ2) is 7.73. The maximum atomic E-state index is 11.4. The van der Waals surface area contributed by atoms with Crippen molar-refractivity contribution in [2.75, 3.05) is 0 Å². The molecule has 2 aromatic rings. The normalized spacial score (nSPS) is 11.4. The quantitative estimate of drug-likeness (QED) is 0.830. The Bertz CT molecular complexity index is 668. The van der Waals surface area contributed by atoms with Crippen LogP contribution in [0.25, 0.3) is 11.1 Å². The van der Waals surface area contributed by atoms with Crippen molar-refractivity contribution in [2.24, 2.45) is 5.73 Å². The van der Waals surface area contributed by atoms with Crippen LogP contribution in [-0.4, -0.2) is 22.9 Å². The fraction of sp³-hybridized carbons (Fsp3) is 0.176. The zero-order chi connectivity index (χ0) is 15.4. The van der Waals surface area contributed by atoms with E-state index in [1.807, 2.05) is 42.5 Å². The van der Waals surface area contributed by atoms with Crippen LogP contribution in [0.4, 0.5) is 0 Å². The van der Waals surface area contributed by atoms with E-state index in [1.54, 1.807) is 6.07 Å². The van der Waals surface area contributed by atoms with Gasteiger partial charge in [0.15, 0.2) is 5.78 Å². The number of carbonyl (C=O) groups is 2. The Hall–Kier alpha value is -2.17. The molecule has 0 aliphatic rings. The molecule has 116 valence electrons. The maximum absolute atomic E-state index is 11.4. The number of hydrogen-bond acceptors (Lipinski definition) is 3. The fourth-order valence-corrected chi connectivity index (χ4v) is 2.09. The van der Waals surface area contributed by atoms with Gasteiger partial charge in [-0.2, -0.15) is 0 Å². The van der Waals surface area contributed by atoms with Gasteiger partial charge in [-0.1, -0.05) is 42.5 Å². The number of ketones is 1. The molecule has 0 aliphatic heterocycles. The first kappa shape index (κ1) is 17.9. The number of halogens is 1. The lowest BCUT2D eigenvalue weighted by molar-refractivity contribution is -0.138. The molecule has 0 fully saturated rings. The number of hydrogen-bond donors (Lipinski definition) is 2. The molecule has 4 nitrogen and oxygen atoms in total. The average molecular weight is 320 g/mol. The van der Waals surface area contributed by atoms with Gasteiger partial charge in [0.2, 0.25) is 0 Å². The van der Waals surface area contributed by atoms with E-state index in [0.717, 1.165) is 16.7 Å². The topological polar surface area (TPSA) is 80.4 Å². The number of nitrogens with two attached hydrogens (primary N) is 1. The highest BCUT2D eigenvalue weighted by Crippen LogP contribution is 2.21. The number of carbonyl (C=O) groups excluding carboxylic acids is 1. The van der Waals surface area contributed by atoms with Crippen molar-refractivity contribution in [1.82, 2.24) is 0 Å². The van der Waals surface area contributed by atoms with Gasteiger partial charge in [0, 0.05) is 5.56 Å². The Balaban J connectivity index is 0.00000242. The lowest BCUT2D eigenvalue weighted by atomic mass is 9.99. The minimum atomic E-state index is -1.01. The summed E-state index contributed by atoms with van der Waals surface area (Å²) >= 11 is 0. The predicted molar refractivity (Wildman–Crippen MR) is 88.4 cm³/mol. The smallest absolute Gasteiger partial charge is 0.320 e. The third-order valence-electron chi connectivity index (χ3n) is 3.33. The molecule has 0 heterocycles. The summed E-state index contributed by atoms with van der Waals surface area (Å²) in [5.41, 5.74) is 8.99. The highest BCUT2D eigenvalue weighted by Gasteiger charge is 2.12. The van der Waals surface area contributed by atoms with Crippen molar-refractivity contribution in [3.8, 4) is 11.1 Å². The van der Waals surface area contributed by atoms with E-state index in [2.05, 4.69) is 0 Å². The van der Waals surface area contributed by atoms with E-state index in [0.29, 0.717) is 12.0 Å². The summed E-state index contributed by atoms with van der Waals surface area (Å²) in [6, 6.07) is 14.1. The van der Waals surface area contributed by atoms with Gasteiger partial charge in [0.1, 0.15) is 6.04 Å². The summed E-state index contributed by atoms with van der Waals surface area (Å²) in [5, 5.41) is 8.80. The van der Waals surface area contributed by atoms with Crippen LogP contribution in [0.5, 0.6) is 0 Å². The fourth-order valence-electron chi connectivity index (χ4n) is 2.09. The third kappa shape index (κ3) is 4.41. The molecule has 0 unspecified atom stereocenters. The highest BCUT2D eigenvalue weighted by atomic mass is 35.5. The second-order valence-corrected chi connectivity index (χ2v) is 4.98. The number of rotatable bonds is 5. The first-order valence-electron chi connectivity index (χ1n) is 6.66. The van der Waals surface area contributed by atoms with E-state index < -0.39 is 12.0 Å². The molecule has 0 saturated heterocycles. The van der Waals surface area contributed by atoms with Crippen LogP contribution in [0.15, 0.2) is 48.5 Å². The van der Waals surface area contributed by atoms with Crippen LogP contribution in [0, 0.1) is 0 Å². The SMILES string of the molecule is CC(=O)c1cccc(-c2ccc(C[C@@H](N)C(=O)O)cc2)c1.Cl. The summed E-state index contributed by atoms with van der Waals surface area (Å²) < 4.78 is 0. The molecule has 2 aromatic carbocycles. The summed E-state index contributed by atoms with van der Waals surface area (Å²) in [6.07, 6.45) is 0.295. The third-order valence-corrected chi connectivity index (χ3v) is 3.33. The first-order valence-corrected chi connectivity index (χ1v) is 6.66. The summed E-state index contributed by atoms with van der Waals surface area (Å²) in [5.74, 6) is -0.978. The molecule has 0 radical (unpaired) electrons. The van der Waals surface area contributed by atoms with Crippen LogP contribution in [-0.2, 0) is 11.2 Å². The molecule has 0 amide bonds. The molecule has 22 heavy (non-hydrogen) atoms. The lowest BCUT2D eigenvalue weighted by Gasteiger charge is -2.08. The molecule has 0 aliphatic carbocycles. The molecule has 1 atom stereocenters. The second-order valence-electron chi connectivity index (χ2n) is 4.98. The van der Waals surface area contributed by atoms with Crippen molar-refractivity contribution in [2.45, 2.75) is 19.4 Å². The molecule has 0 aromatic heterocycles. The molecule has 3 N–H and O–H groups in total. The van der Waals surface area contributed by atoms with E-state index in [4.69, 9.17) is 10.8 Å². The van der Waals surface area contributed by atoms with Gasteiger partial charge in [-0.05, 0) is 36.1 Å². The number of carboxylic acids is 1. The number of aliphatic carboxylic acids is 1. The molecule has 0 spiro atoms. The monoisotopic (exact) mass is 319 g/mol. The van der Waals surface area contributed by atoms with E-state index in [9.17, 15) is 9.59 Å². The van der Waals surface area contributed by atoms with Crippen molar-refractivity contribution in [3.05, 3.63) is 59.7 Å². The zero-order valence-corrected chi connectivity index (χ0v) is 13.0. The Labute approximate surface area is 135 Å². The van der Waals surface area contributed by atoms with Crippen LogP contribution in [0.2, 0.25) is 0 Å². The molecular weight excluding hydrogens is 302 g/mol. The summed E-state index contributed by atoms with van der Waals surface area (Å²) in [4.78, 5) is 22.1. The van der Waals surface area contributed by atoms with Gasteiger partial charge in [0.05, 0.1) is 0 Å². The van der Waals surface area contributed by atoms with Gasteiger partial charge in [0.25, 0.3) is 0 Å². The van der Waals surface area contributed by atoms with E-state index in [-0.39, 0.29) is 18.2 Å². The van der Waals surface area contributed by atoms with Gasteiger partial charge in [-0.25, -0.2) is 0 Å². The van der Waals surface area contributed by atoms with Crippen LogP contribution < -0.4 is 5.73 Å². The predicted octanol–water partition coefficient (Wildman–Crippen LogP) is 2.93. The van der Waals surface area contributed by atoms with E-state index in [1.165, 1.54) is 6.92 Å². The minimum absolute atomic E-state index is 0. The maximum Gasteiger partial charge on any atom is 0.320 e. The zero-order valence-electron chi connectivity index (χ0n) is 12.2.